The normalized spacial score (nSPS) is 12.8. The maximum atomic E-state index is 14.4. The number of benzene rings is 1. The van der Waals surface area contributed by atoms with Crippen molar-refractivity contribution in [3.05, 3.63) is 64.0 Å². The Hall–Kier alpha value is -2.87. The van der Waals surface area contributed by atoms with Crippen LogP contribution in [0.5, 0.6) is 11.5 Å². The van der Waals surface area contributed by atoms with Crippen molar-refractivity contribution >= 4 is 51.6 Å². The topological polar surface area (TPSA) is 113 Å². The molecule has 0 amide bonds. The van der Waals surface area contributed by atoms with Gasteiger partial charge in [0.15, 0.2) is 5.76 Å². The van der Waals surface area contributed by atoms with E-state index in [2.05, 4.69) is 50.8 Å². The second kappa shape index (κ2) is 12.6. The number of para-hydroxylation sites is 1. The zero-order valence-electron chi connectivity index (χ0n) is 23.8. The van der Waals surface area contributed by atoms with E-state index in [9.17, 15) is 8.42 Å². The minimum Gasteiger partial charge on any atom is -0.494 e. The molecule has 220 valence electrons. The number of anilines is 1. The number of hydrogen-bond acceptors (Lipinski definition) is 8. The van der Waals surface area contributed by atoms with Crippen molar-refractivity contribution in [2.24, 2.45) is 0 Å². The molecule has 0 spiro atoms. The van der Waals surface area contributed by atoms with Crippen molar-refractivity contribution in [1.82, 2.24) is 19.7 Å². The molecule has 0 radical (unpaired) electrons. The van der Waals surface area contributed by atoms with Gasteiger partial charge in [0, 0.05) is 31.7 Å². The number of rotatable bonds is 12. The third-order valence-electron chi connectivity index (χ3n) is 6.48. The Labute approximate surface area is 254 Å². The molecule has 3 aromatic heterocycles. The minimum atomic E-state index is -4.00. The minimum absolute atomic E-state index is 0.104. The molecule has 0 saturated carbocycles. The van der Waals surface area contributed by atoms with Gasteiger partial charge in [0.05, 0.1) is 36.4 Å². The summed E-state index contributed by atoms with van der Waals surface area (Å²) in [5.74, 6) is 1.70. The molecule has 0 unspecified atom stereocenters. The van der Waals surface area contributed by atoms with Crippen molar-refractivity contribution in [1.29, 1.82) is 0 Å². The third kappa shape index (κ3) is 6.79. The summed E-state index contributed by atoms with van der Waals surface area (Å²) in [5.41, 5.74) is 1.03. The van der Waals surface area contributed by atoms with Gasteiger partial charge < -0.3 is 13.9 Å². The van der Waals surface area contributed by atoms with Gasteiger partial charge in [-0.15, -0.1) is 10.2 Å². The predicted octanol–water partition coefficient (Wildman–Crippen LogP) is 6.46. The number of furan rings is 1. The van der Waals surface area contributed by atoms with Gasteiger partial charge in [0.2, 0.25) is 21.8 Å². The van der Waals surface area contributed by atoms with E-state index in [-0.39, 0.29) is 18.9 Å². The van der Waals surface area contributed by atoms with Crippen LogP contribution in [0, 0.1) is 0 Å². The van der Waals surface area contributed by atoms with Gasteiger partial charge in [-0.3, -0.25) is 9.55 Å². The Bertz CT molecular complexity index is 1590. The lowest BCUT2D eigenvalue weighted by atomic mass is 10.2. The Morgan fingerprint density at radius 3 is 2.37 bits per heavy atom. The molecule has 3 heterocycles. The first-order valence-electron chi connectivity index (χ1n) is 12.9. The van der Waals surface area contributed by atoms with Crippen molar-refractivity contribution in [3.8, 4) is 28.8 Å². The molecule has 0 aliphatic carbocycles. The summed E-state index contributed by atoms with van der Waals surface area (Å²) in [4.78, 5) is 4.36. The van der Waals surface area contributed by atoms with E-state index in [1.54, 1.807) is 47.9 Å². The lowest BCUT2D eigenvalue weighted by Crippen LogP contribution is -2.42. The number of pyridine rings is 1. The molecule has 14 heteroatoms. The average Bonchev–Trinajstić information content (AvgIpc) is 3.59. The van der Waals surface area contributed by atoms with Gasteiger partial charge in [-0.25, -0.2) is 12.7 Å². The van der Waals surface area contributed by atoms with Gasteiger partial charge in [0.25, 0.3) is 0 Å². The van der Waals surface area contributed by atoms with Crippen molar-refractivity contribution in [3.63, 3.8) is 0 Å². The third-order valence-corrected chi connectivity index (χ3v) is 11.2. The first-order chi connectivity index (χ1) is 19.4. The fraction of sp³-hybridized carbons (Fsp3) is 0.370. The summed E-state index contributed by atoms with van der Waals surface area (Å²) in [6.45, 7) is 8.46. The second-order valence-electron chi connectivity index (χ2n) is 10.7. The van der Waals surface area contributed by atoms with Crippen LogP contribution in [0.3, 0.4) is 0 Å². The van der Waals surface area contributed by atoms with Crippen LogP contribution in [0.25, 0.3) is 17.3 Å². The van der Waals surface area contributed by atoms with Crippen LogP contribution in [-0.4, -0.2) is 62.3 Å². The molecule has 4 aromatic rings. The quantitative estimate of drug-likeness (QED) is 0.157. The zero-order chi connectivity index (χ0) is 29.9. The number of methoxy groups -OCH3 is 2. The molecule has 0 aliphatic rings. The van der Waals surface area contributed by atoms with E-state index in [0.717, 1.165) is 0 Å². The maximum Gasteiger partial charge on any atom is 0.246 e. The maximum absolute atomic E-state index is 14.4. The fourth-order valence-corrected chi connectivity index (χ4v) is 7.58. The summed E-state index contributed by atoms with van der Waals surface area (Å²) >= 11 is 9.53. The van der Waals surface area contributed by atoms with Gasteiger partial charge in [-0.2, -0.15) is 0 Å². The molecule has 41 heavy (non-hydrogen) atoms. The molecular weight excluding hydrogens is 650 g/mol. The largest absolute Gasteiger partial charge is 0.494 e. The number of sulfonamides is 1. The van der Waals surface area contributed by atoms with Crippen molar-refractivity contribution < 1.29 is 22.3 Å². The Kier molecular flexibility index (Phi) is 9.51. The van der Waals surface area contributed by atoms with Gasteiger partial charge >= 0.3 is 0 Å². The standard InChI is InChI=1S/C27H33BrClN5O5SSi/c1-18(15-21-20(28)16-19(29)17-30-21)40(35,36)33(12-14-41(4,5)6)27-32-31-26(24-11-8-13-39-24)34(27)25-22(37-2)9-7-10-23(25)38-3/h7-11,13,16-18H,12,14-15H2,1-6H3/t18-/m1/s1. The highest BCUT2D eigenvalue weighted by Crippen LogP contribution is 2.39. The molecule has 0 N–H and O–H groups in total. The Balaban J connectivity index is 1.92. The number of aromatic nitrogens is 4. The van der Waals surface area contributed by atoms with Crippen molar-refractivity contribution in [2.75, 3.05) is 25.1 Å². The van der Waals surface area contributed by atoms with E-state index in [1.165, 1.54) is 31.0 Å². The lowest BCUT2D eigenvalue weighted by Gasteiger charge is -2.29. The summed E-state index contributed by atoms with van der Waals surface area (Å²) in [6.07, 6.45) is 3.18. The number of ether oxygens (including phenoxy) is 2. The number of halogens is 2. The molecule has 1 aromatic carbocycles. The monoisotopic (exact) mass is 681 g/mol. The smallest absolute Gasteiger partial charge is 0.246 e. The molecule has 0 fully saturated rings. The molecule has 1 atom stereocenters. The van der Waals surface area contributed by atoms with Crippen LogP contribution in [0.4, 0.5) is 5.95 Å². The predicted molar refractivity (Wildman–Crippen MR) is 167 cm³/mol. The van der Waals surface area contributed by atoms with Gasteiger partial charge in [-0.1, -0.05) is 37.3 Å². The summed E-state index contributed by atoms with van der Waals surface area (Å²) in [6, 6.07) is 11.2. The first kappa shape index (κ1) is 31.1. The molecule has 0 saturated heterocycles. The lowest BCUT2D eigenvalue weighted by molar-refractivity contribution is 0.391. The summed E-state index contributed by atoms with van der Waals surface area (Å²) in [7, 11) is -2.63. The number of nitrogens with zero attached hydrogens (tertiary/aromatic N) is 5. The van der Waals surface area contributed by atoms with E-state index in [4.69, 9.17) is 25.5 Å². The number of hydrogen-bond donors (Lipinski definition) is 0. The fourth-order valence-electron chi connectivity index (χ4n) is 4.23. The van der Waals surface area contributed by atoms with E-state index in [1.807, 2.05) is 0 Å². The van der Waals surface area contributed by atoms with Crippen LogP contribution in [-0.2, 0) is 16.4 Å². The van der Waals surface area contributed by atoms with E-state index < -0.39 is 23.3 Å². The highest BCUT2D eigenvalue weighted by Gasteiger charge is 2.37. The van der Waals surface area contributed by atoms with E-state index in [0.29, 0.717) is 50.0 Å². The Morgan fingerprint density at radius 2 is 1.80 bits per heavy atom. The van der Waals surface area contributed by atoms with Crippen LogP contribution >= 0.6 is 27.5 Å². The van der Waals surface area contributed by atoms with E-state index >= 15 is 0 Å². The molecular formula is C27H33BrClN5O5SSi. The summed E-state index contributed by atoms with van der Waals surface area (Å²) < 4.78 is 49.5. The zero-order valence-corrected chi connectivity index (χ0v) is 27.9. The molecule has 10 nitrogen and oxygen atoms in total. The van der Waals surface area contributed by atoms with Crippen LogP contribution in [0.15, 0.2) is 57.7 Å². The summed E-state index contributed by atoms with van der Waals surface area (Å²) in [5, 5.41) is 8.46. The van der Waals surface area contributed by atoms with Crippen LogP contribution in [0.2, 0.25) is 30.7 Å². The molecule has 4 rings (SSSR count). The SMILES string of the molecule is COc1cccc(OC)c1-n1c(-c2ccco2)nnc1N(CC[Si](C)(C)C)S(=O)(=O)[C@H](C)Cc1ncc(Cl)cc1Br. The average molecular weight is 683 g/mol. The van der Waals surface area contributed by atoms with Gasteiger partial charge in [0.1, 0.15) is 17.2 Å². The van der Waals surface area contributed by atoms with Crippen molar-refractivity contribution in [2.45, 2.75) is 44.3 Å². The van der Waals surface area contributed by atoms with Crippen LogP contribution in [0.1, 0.15) is 12.6 Å². The molecule has 0 bridgehead atoms. The van der Waals surface area contributed by atoms with Gasteiger partial charge in [-0.05, 0) is 59.2 Å². The van der Waals surface area contributed by atoms with Crippen LogP contribution < -0.4 is 13.8 Å². The highest BCUT2D eigenvalue weighted by molar-refractivity contribution is 9.10. The molecule has 0 aliphatic heterocycles. The highest BCUT2D eigenvalue weighted by atomic mass is 79.9. The second-order valence-corrected chi connectivity index (χ2v) is 19.9. The first-order valence-corrected chi connectivity index (χ1v) is 19.3. The Morgan fingerprint density at radius 1 is 1.12 bits per heavy atom.